The highest BCUT2D eigenvalue weighted by Gasteiger charge is 1.95. The molecule has 0 bridgehead atoms. The van der Waals surface area contributed by atoms with Crippen LogP contribution in [0.25, 0.3) is 0 Å². The van der Waals surface area contributed by atoms with Crippen molar-refractivity contribution in [3.63, 3.8) is 0 Å². The number of carbonyl (C=O) groups is 1. The van der Waals surface area contributed by atoms with E-state index < -0.39 is 5.97 Å². The number of rotatable bonds is 3. The molecule has 2 N–H and O–H groups in total. The van der Waals surface area contributed by atoms with E-state index in [4.69, 9.17) is 17.3 Å². The fourth-order valence-corrected chi connectivity index (χ4v) is 0.451. The van der Waals surface area contributed by atoms with Crippen molar-refractivity contribution in [2.24, 2.45) is 5.73 Å². The second-order valence-corrected chi connectivity index (χ2v) is 1.87. The van der Waals surface area contributed by atoms with Gasteiger partial charge in [0.05, 0.1) is 12.5 Å². The molecule has 0 aromatic rings. The number of hydrogen-bond donors (Lipinski definition) is 1. The highest BCUT2D eigenvalue weighted by atomic mass is 35.5. The van der Waals surface area contributed by atoms with Crippen molar-refractivity contribution < 1.29 is 9.53 Å². The molecule has 0 rings (SSSR count). The lowest BCUT2D eigenvalue weighted by Crippen LogP contribution is -2.06. The number of nitrogens with two attached hydrogens (primary N) is 1. The third-order valence-electron chi connectivity index (χ3n) is 0.744. The number of halogens is 1. The minimum atomic E-state index is -0.444. The summed E-state index contributed by atoms with van der Waals surface area (Å²) in [5, 5.41) is 0. The van der Waals surface area contributed by atoms with E-state index in [9.17, 15) is 4.79 Å². The van der Waals surface area contributed by atoms with Gasteiger partial charge in [-0.2, -0.15) is 0 Å². The number of allylic oxidation sites excluding steroid dienone is 1. The first-order valence-corrected chi connectivity index (χ1v) is 3.43. The highest BCUT2D eigenvalue weighted by Crippen LogP contribution is 1.89. The molecule has 0 atom stereocenters. The van der Waals surface area contributed by atoms with Gasteiger partial charge in [-0.25, -0.2) is 4.79 Å². The average Bonchev–Trinajstić information content (AvgIpc) is 1.88. The molecule has 0 aromatic heterocycles. The zero-order valence-corrected chi connectivity index (χ0v) is 6.52. The van der Waals surface area contributed by atoms with E-state index in [2.05, 4.69) is 4.74 Å². The van der Waals surface area contributed by atoms with Crippen LogP contribution in [-0.4, -0.2) is 18.5 Å². The first-order valence-electron chi connectivity index (χ1n) is 2.89. The van der Waals surface area contributed by atoms with Crippen molar-refractivity contribution in [1.29, 1.82) is 0 Å². The van der Waals surface area contributed by atoms with Crippen LogP contribution in [0.5, 0.6) is 0 Å². The standard InChI is InChI=1S/C6H10ClNO2/c1-2-10-6(9)3-5(8)4-7/h3H,2,4,8H2,1H3/b5-3+. The summed E-state index contributed by atoms with van der Waals surface area (Å²) in [6, 6.07) is 0. The van der Waals surface area contributed by atoms with Gasteiger partial charge in [0, 0.05) is 11.8 Å². The van der Waals surface area contributed by atoms with Gasteiger partial charge >= 0.3 is 5.97 Å². The summed E-state index contributed by atoms with van der Waals surface area (Å²) in [6.45, 7) is 2.08. The average molecular weight is 164 g/mol. The molecule has 0 amide bonds. The van der Waals surface area contributed by atoms with E-state index >= 15 is 0 Å². The molecule has 58 valence electrons. The number of esters is 1. The van der Waals surface area contributed by atoms with Crippen LogP contribution in [-0.2, 0) is 9.53 Å². The molecule has 4 heteroatoms. The van der Waals surface area contributed by atoms with Crippen LogP contribution in [0.15, 0.2) is 11.8 Å². The van der Waals surface area contributed by atoms with Crippen LogP contribution in [0, 0.1) is 0 Å². The lowest BCUT2D eigenvalue weighted by atomic mass is 10.4. The molecule has 0 radical (unpaired) electrons. The zero-order valence-electron chi connectivity index (χ0n) is 5.76. The molecule has 0 aromatic carbocycles. The first kappa shape index (κ1) is 9.30. The monoisotopic (exact) mass is 163 g/mol. The van der Waals surface area contributed by atoms with E-state index in [1.807, 2.05) is 0 Å². The third kappa shape index (κ3) is 4.21. The molecule has 0 aliphatic heterocycles. The van der Waals surface area contributed by atoms with E-state index in [1.165, 1.54) is 6.08 Å². The topological polar surface area (TPSA) is 52.3 Å². The zero-order chi connectivity index (χ0) is 7.98. The van der Waals surface area contributed by atoms with Crippen LogP contribution in [0.1, 0.15) is 6.92 Å². The molecule has 0 saturated carbocycles. The van der Waals surface area contributed by atoms with Gasteiger partial charge in [0.2, 0.25) is 0 Å². The molecule has 0 heterocycles. The molecule has 0 unspecified atom stereocenters. The van der Waals surface area contributed by atoms with E-state index in [0.717, 1.165) is 0 Å². The minimum absolute atomic E-state index is 0.152. The SMILES string of the molecule is CCOC(=O)/C=C(/N)CCl. The Morgan fingerprint density at radius 3 is 2.80 bits per heavy atom. The summed E-state index contributed by atoms with van der Waals surface area (Å²) >= 11 is 5.30. The Kier molecular flexibility index (Phi) is 4.76. The maximum absolute atomic E-state index is 10.6. The largest absolute Gasteiger partial charge is 0.463 e. The van der Waals surface area contributed by atoms with Gasteiger partial charge in [0.25, 0.3) is 0 Å². The van der Waals surface area contributed by atoms with Crippen molar-refractivity contribution in [3.05, 3.63) is 11.8 Å². The molecular weight excluding hydrogens is 154 g/mol. The van der Waals surface area contributed by atoms with Gasteiger partial charge in [0.1, 0.15) is 0 Å². The molecule has 0 aliphatic carbocycles. The van der Waals surface area contributed by atoms with Crippen molar-refractivity contribution in [1.82, 2.24) is 0 Å². The van der Waals surface area contributed by atoms with Crippen molar-refractivity contribution in [3.8, 4) is 0 Å². The maximum Gasteiger partial charge on any atom is 0.332 e. The van der Waals surface area contributed by atoms with Gasteiger partial charge in [-0.3, -0.25) is 0 Å². The van der Waals surface area contributed by atoms with Crippen molar-refractivity contribution in [2.75, 3.05) is 12.5 Å². The van der Waals surface area contributed by atoms with Crippen LogP contribution in [0.2, 0.25) is 0 Å². The summed E-state index contributed by atoms with van der Waals surface area (Å²) in [4.78, 5) is 10.6. The van der Waals surface area contributed by atoms with Gasteiger partial charge in [-0.15, -0.1) is 11.6 Å². The van der Waals surface area contributed by atoms with Gasteiger partial charge < -0.3 is 10.5 Å². The second-order valence-electron chi connectivity index (χ2n) is 1.60. The number of carbonyl (C=O) groups excluding carboxylic acids is 1. The Balaban J connectivity index is 3.75. The predicted octanol–water partition coefficient (Wildman–Crippen LogP) is 0.631. The van der Waals surface area contributed by atoms with Gasteiger partial charge in [0.15, 0.2) is 0 Å². The van der Waals surface area contributed by atoms with Crippen molar-refractivity contribution >= 4 is 17.6 Å². The summed E-state index contributed by atoms with van der Waals surface area (Å²) in [5.41, 5.74) is 5.55. The lowest BCUT2D eigenvalue weighted by Gasteiger charge is -1.95. The second kappa shape index (κ2) is 5.11. The first-order chi connectivity index (χ1) is 4.70. The molecule has 10 heavy (non-hydrogen) atoms. The van der Waals surface area contributed by atoms with Gasteiger partial charge in [-0.05, 0) is 6.92 Å². The van der Waals surface area contributed by atoms with Crippen LogP contribution in [0.3, 0.4) is 0 Å². The molecular formula is C6H10ClNO2. The summed E-state index contributed by atoms with van der Waals surface area (Å²) in [7, 11) is 0. The van der Waals surface area contributed by atoms with E-state index in [0.29, 0.717) is 12.3 Å². The fraction of sp³-hybridized carbons (Fsp3) is 0.500. The highest BCUT2D eigenvalue weighted by molar-refractivity contribution is 6.19. The smallest absolute Gasteiger partial charge is 0.332 e. The number of alkyl halides is 1. The Labute approximate surface area is 64.8 Å². The normalized spacial score (nSPS) is 11.2. The number of hydrogen-bond acceptors (Lipinski definition) is 3. The molecule has 0 saturated heterocycles. The Morgan fingerprint density at radius 1 is 1.80 bits per heavy atom. The van der Waals surface area contributed by atoms with E-state index in [1.54, 1.807) is 6.92 Å². The summed E-state index contributed by atoms with van der Waals surface area (Å²) < 4.78 is 4.56. The summed E-state index contributed by atoms with van der Waals surface area (Å²) in [5.74, 6) is -0.292. The van der Waals surface area contributed by atoms with Crippen LogP contribution in [0.4, 0.5) is 0 Å². The van der Waals surface area contributed by atoms with E-state index in [-0.39, 0.29) is 5.88 Å². The lowest BCUT2D eigenvalue weighted by molar-refractivity contribution is -0.137. The van der Waals surface area contributed by atoms with Crippen LogP contribution < -0.4 is 5.73 Å². The van der Waals surface area contributed by atoms with Crippen molar-refractivity contribution in [2.45, 2.75) is 6.92 Å². The minimum Gasteiger partial charge on any atom is -0.463 e. The molecule has 0 spiro atoms. The Morgan fingerprint density at radius 2 is 2.40 bits per heavy atom. The Hall–Kier alpha value is -0.700. The maximum atomic E-state index is 10.6. The Bertz CT molecular complexity index is 145. The molecule has 3 nitrogen and oxygen atoms in total. The molecule has 0 fully saturated rings. The third-order valence-corrected chi connectivity index (χ3v) is 1.05. The van der Waals surface area contributed by atoms with Gasteiger partial charge in [-0.1, -0.05) is 0 Å². The quantitative estimate of drug-likeness (QED) is 0.377. The number of ether oxygens (including phenoxy) is 1. The predicted molar refractivity (Wildman–Crippen MR) is 39.6 cm³/mol. The summed E-state index contributed by atoms with van der Waals surface area (Å²) in [6.07, 6.45) is 1.18. The molecule has 0 aliphatic rings. The van der Waals surface area contributed by atoms with Crippen LogP contribution >= 0.6 is 11.6 Å². The fourth-order valence-electron chi connectivity index (χ4n) is 0.374.